The molecule has 0 saturated carbocycles. The summed E-state index contributed by atoms with van der Waals surface area (Å²) < 4.78 is 1.20. The first-order valence-corrected chi connectivity index (χ1v) is 4.44. The summed E-state index contributed by atoms with van der Waals surface area (Å²) in [5, 5.41) is 19.9. The molecule has 0 spiro atoms. The molecule has 1 aromatic rings. The third-order valence-electron chi connectivity index (χ3n) is 1.47. The summed E-state index contributed by atoms with van der Waals surface area (Å²) in [7, 11) is 0. The van der Waals surface area contributed by atoms with Gasteiger partial charge in [-0.1, -0.05) is 0 Å². The molecule has 1 unspecified atom stereocenters. The summed E-state index contributed by atoms with van der Waals surface area (Å²) in [4.78, 5) is 0. The Labute approximate surface area is 79.4 Å². The minimum Gasteiger partial charge on any atom is -0.618 e. The summed E-state index contributed by atoms with van der Waals surface area (Å²) in [6.07, 6.45) is 1.61. The fourth-order valence-electron chi connectivity index (χ4n) is 0.967. The van der Waals surface area contributed by atoms with Gasteiger partial charge in [0.15, 0.2) is 6.20 Å². The van der Waals surface area contributed by atoms with E-state index in [-0.39, 0.29) is 6.10 Å². The van der Waals surface area contributed by atoms with Crippen molar-refractivity contribution in [3.8, 4) is 0 Å². The lowest BCUT2D eigenvalue weighted by molar-refractivity contribution is -0.617. The quantitative estimate of drug-likeness (QED) is 0.469. The van der Waals surface area contributed by atoms with E-state index < -0.39 is 0 Å². The molecule has 1 atom stereocenters. The van der Waals surface area contributed by atoms with Crippen molar-refractivity contribution in [1.29, 1.82) is 0 Å². The Morgan fingerprint density at radius 2 is 2.42 bits per heavy atom. The van der Waals surface area contributed by atoms with E-state index in [1.54, 1.807) is 19.1 Å². The van der Waals surface area contributed by atoms with E-state index in [0.29, 0.717) is 11.0 Å². The summed E-state index contributed by atoms with van der Waals surface area (Å²) in [6.45, 7) is 1.71. The fourth-order valence-corrected chi connectivity index (χ4v) is 1.38. The second kappa shape index (κ2) is 3.87. The first-order valence-electron chi connectivity index (χ1n) is 3.65. The lowest BCUT2D eigenvalue weighted by Crippen LogP contribution is -2.27. The molecule has 66 valence electrons. The predicted molar refractivity (Wildman–Crippen MR) is 48.5 cm³/mol. The van der Waals surface area contributed by atoms with Crippen LogP contribution in [0.5, 0.6) is 0 Å². The molecule has 0 bridgehead atoms. The van der Waals surface area contributed by atoms with E-state index in [0.717, 1.165) is 10.3 Å². The van der Waals surface area contributed by atoms with Crippen LogP contribution in [0.25, 0.3) is 0 Å². The Morgan fingerprint density at radius 1 is 1.75 bits per heavy atom. The summed E-state index contributed by atoms with van der Waals surface area (Å²) in [6, 6.07) is 3.41. The van der Waals surface area contributed by atoms with Crippen molar-refractivity contribution in [2.75, 3.05) is 0 Å². The molecule has 1 rings (SSSR count). The van der Waals surface area contributed by atoms with Crippen LogP contribution in [-0.2, 0) is 6.42 Å². The van der Waals surface area contributed by atoms with Gasteiger partial charge in [0.25, 0.3) is 4.60 Å². The third-order valence-corrected chi connectivity index (χ3v) is 2.05. The Hall–Kier alpha value is -0.610. The zero-order valence-corrected chi connectivity index (χ0v) is 8.28. The van der Waals surface area contributed by atoms with Gasteiger partial charge in [-0.2, -0.15) is 4.73 Å². The average Bonchev–Trinajstić information content (AvgIpc) is 1.96. The number of hydrogen-bond donors (Lipinski definition) is 1. The molecule has 0 aliphatic rings. The number of halogens is 1. The van der Waals surface area contributed by atoms with Gasteiger partial charge < -0.3 is 10.3 Å². The molecule has 0 amide bonds. The third kappa shape index (κ3) is 2.46. The Kier molecular flexibility index (Phi) is 3.05. The molecule has 0 aliphatic heterocycles. The molecule has 1 heterocycles. The maximum atomic E-state index is 10.9. The Balaban J connectivity index is 2.82. The molecule has 0 fully saturated rings. The topological polar surface area (TPSA) is 47.2 Å². The monoisotopic (exact) mass is 231 g/mol. The van der Waals surface area contributed by atoms with Gasteiger partial charge in [0.1, 0.15) is 0 Å². The zero-order valence-electron chi connectivity index (χ0n) is 6.70. The second-order valence-corrected chi connectivity index (χ2v) is 3.55. The Bertz CT molecular complexity index is 276. The van der Waals surface area contributed by atoms with Crippen LogP contribution in [0.2, 0.25) is 0 Å². The normalized spacial score (nSPS) is 12.9. The highest BCUT2D eigenvalue weighted by atomic mass is 79.9. The van der Waals surface area contributed by atoms with Crippen LogP contribution in [0.3, 0.4) is 0 Å². The molecule has 4 heteroatoms. The van der Waals surface area contributed by atoms with Gasteiger partial charge in [-0.15, -0.1) is 0 Å². The van der Waals surface area contributed by atoms with E-state index in [4.69, 9.17) is 5.11 Å². The summed E-state index contributed by atoms with van der Waals surface area (Å²) in [5.74, 6) is 0. The van der Waals surface area contributed by atoms with Crippen LogP contribution < -0.4 is 4.73 Å². The van der Waals surface area contributed by atoms with Crippen LogP contribution in [-0.4, -0.2) is 11.2 Å². The van der Waals surface area contributed by atoms with Gasteiger partial charge in [0.05, 0.1) is 6.10 Å². The average molecular weight is 232 g/mol. The molecule has 0 radical (unpaired) electrons. The van der Waals surface area contributed by atoms with Crippen LogP contribution in [0.1, 0.15) is 12.5 Å². The number of rotatable bonds is 2. The smallest absolute Gasteiger partial charge is 0.259 e. The number of hydrogen-bond acceptors (Lipinski definition) is 2. The van der Waals surface area contributed by atoms with E-state index in [1.807, 2.05) is 0 Å². The minimum absolute atomic E-state index is 0.376. The minimum atomic E-state index is -0.376. The second-order valence-electron chi connectivity index (χ2n) is 2.74. The first kappa shape index (κ1) is 9.48. The number of aromatic nitrogens is 1. The molecular weight excluding hydrogens is 222 g/mol. The lowest BCUT2D eigenvalue weighted by Gasteiger charge is -2.04. The van der Waals surface area contributed by atoms with E-state index in [9.17, 15) is 5.21 Å². The van der Waals surface area contributed by atoms with Crippen molar-refractivity contribution in [3.63, 3.8) is 0 Å². The van der Waals surface area contributed by atoms with Crippen LogP contribution >= 0.6 is 15.9 Å². The van der Waals surface area contributed by atoms with Crippen molar-refractivity contribution >= 4 is 15.9 Å². The zero-order chi connectivity index (χ0) is 9.14. The molecule has 0 saturated heterocycles. The maximum Gasteiger partial charge on any atom is 0.259 e. The van der Waals surface area contributed by atoms with Gasteiger partial charge in [-0.05, 0) is 18.9 Å². The van der Waals surface area contributed by atoms with Crippen molar-refractivity contribution in [1.82, 2.24) is 0 Å². The molecule has 3 nitrogen and oxygen atoms in total. The largest absolute Gasteiger partial charge is 0.618 e. The molecule has 1 N–H and O–H groups in total. The summed E-state index contributed by atoms with van der Waals surface area (Å²) in [5.41, 5.74) is 0.948. The molecule has 1 aromatic heterocycles. The summed E-state index contributed by atoms with van der Waals surface area (Å²) >= 11 is 3.10. The highest BCUT2D eigenvalue weighted by Gasteiger charge is 2.04. The maximum absolute atomic E-state index is 10.9. The number of aliphatic hydroxyl groups excluding tert-OH is 1. The highest BCUT2D eigenvalue weighted by molar-refractivity contribution is 9.10. The van der Waals surface area contributed by atoms with E-state index >= 15 is 0 Å². The molecule has 12 heavy (non-hydrogen) atoms. The Morgan fingerprint density at radius 3 is 2.92 bits per heavy atom. The lowest BCUT2D eigenvalue weighted by atomic mass is 10.1. The van der Waals surface area contributed by atoms with E-state index in [1.165, 1.54) is 6.20 Å². The molecule has 0 aromatic carbocycles. The predicted octanol–water partition coefficient (Wildman–Crippen LogP) is 1.01. The van der Waals surface area contributed by atoms with Crippen LogP contribution in [0.4, 0.5) is 0 Å². The standard InChI is InChI=1S/C8H10BrNO2/c1-6(11)4-7-2-3-10(12)8(9)5-7/h2-3,5-6,11H,4H2,1H3. The molecule has 0 aliphatic carbocycles. The molecular formula is C8H10BrNO2. The fraction of sp³-hybridized carbons (Fsp3) is 0.375. The number of aliphatic hydroxyl groups is 1. The SMILES string of the molecule is CC(O)Cc1cc[n+]([O-])c(Br)c1. The van der Waals surface area contributed by atoms with Gasteiger partial charge >= 0.3 is 0 Å². The van der Waals surface area contributed by atoms with E-state index in [2.05, 4.69) is 15.9 Å². The van der Waals surface area contributed by atoms with Gasteiger partial charge in [0.2, 0.25) is 0 Å². The van der Waals surface area contributed by atoms with Crippen molar-refractivity contribution in [2.24, 2.45) is 0 Å². The number of nitrogens with zero attached hydrogens (tertiary/aromatic N) is 1. The van der Waals surface area contributed by atoms with Crippen LogP contribution in [0.15, 0.2) is 22.9 Å². The van der Waals surface area contributed by atoms with Crippen LogP contribution in [0, 0.1) is 5.21 Å². The van der Waals surface area contributed by atoms with Gasteiger partial charge in [-0.25, -0.2) is 0 Å². The number of pyridine rings is 1. The first-order chi connectivity index (χ1) is 5.59. The van der Waals surface area contributed by atoms with Crippen molar-refractivity contribution in [3.05, 3.63) is 33.7 Å². The van der Waals surface area contributed by atoms with Crippen molar-refractivity contribution < 1.29 is 9.84 Å². The van der Waals surface area contributed by atoms with Gasteiger partial charge in [-0.3, -0.25) is 0 Å². The van der Waals surface area contributed by atoms with Crippen molar-refractivity contribution in [2.45, 2.75) is 19.4 Å². The van der Waals surface area contributed by atoms with Gasteiger partial charge in [0, 0.05) is 28.1 Å². The highest BCUT2D eigenvalue weighted by Crippen LogP contribution is 2.08.